The predicted molar refractivity (Wildman–Crippen MR) is 94.7 cm³/mol. The average Bonchev–Trinajstić information content (AvgIpc) is 2.83. The Morgan fingerprint density at radius 1 is 1.20 bits per heavy atom. The van der Waals surface area contributed by atoms with E-state index in [1.54, 1.807) is 6.07 Å². The molecule has 1 amide bonds. The summed E-state index contributed by atoms with van der Waals surface area (Å²) in [4.78, 5) is 19.2. The Hall–Kier alpha value is -1.50. The number of likely N-dealkylation sites (N-methyl/N-ethyl adjacent to an activating group) is 1. The van der Waals surface area contributed by atoms with Gasteiger partial charge < -0.3 is 14.5 Å². The Balaban J connectivity index is 1.60. The number of benzene rings is 1. The normalized spacial score (nSPS) is 23.4. The Morgan fingerprint density at radius 3 is 2.88 bits per heavy atom. The molecule has 5 nitrogen and oxygen atoms in total. The van der Waals surface area contributed by atoms with Crippen LogP contribution in [-0.2, 0) is 16.1 Å². The molecular weight excluding hydrogens is 321 g/mol. The summed E-state index contributed by atoms with van der Waals surface area (Å²) in [5.74, 6) is -0.000965. The first-order valence-electron chi connectivity index (χ1n) is 9.15. The summed E-state index contributed by atoms with van der Waals surface area (Å²) in [5, 5.41) is 0. The van der Waals surface area contributed by atoms with Crippen LogP contribution in [0.5, 0.6) is 0 Å². The summed E-state index contributed by atoms with van der Waals surface area (Å²) in [7, 11) is 2.10. The molecule has 0 unspecified atom stereocenters. The van der Waals surface area contributed by atoms with E-state index in [4.69, 9.17) is 4.74 Å². The number of halogens is 1. The van der Waals surface area contributed by atoms with Gasteiger partial charge in [0.25, 0.3) is 0 Å². The standard InChI is InChI=1S/C19H28FN3O2/c1-21-7-4-8-22(10-9-21)19(24)13-17-15-25-12-11-23(17)14-16-5-2-3-6-18(16)20/h2-3,5-6,17H,4,7-15H2,1H3/t17-/m0/s1. The van der Waals surface area contributed by atoms with Crippen LogP contribution in [0.4, 0.5) is 4.39 Å². The lowest BCUT2D eigenvalue weighted by molar-refractivity contribution is -0.134. The maximum atomic E-state index is 14.0. The summed E-state index contributed by atoms with van der Waals surface area (Å²) in [6.45, 7) is 6.00. The van der Waals surface area contributed by atoms with Gasteiger partial charge in [0.05, 0.1) is 13.2 Å². The van der Waals surface area contributed by atoms with Crippen LogP contribution >= 0.6 is 0 Å². The molecule has 0 radical (unpaired) electrons. The van der Waals surface area contributed by atoms with Gasteiger partial charge in [-0.3, -0.25) is 9.69 Å². The van der Waals surface area contributed by atoms with Crippen molar-refractivity contribution in [2.45, 2.75) is 25.4 Å². The molecule has 0 N–H and O–H groups in total. The molecule has 6 heteroatoms. The Labute approximate surface area is 149 Å². The fourth-order valence-corrected chi connectivity index (χ4v) is 3.56. The second-order valence-corrected chi connectivity index (χ2v) is 7.03. The van der Waals surface area contributed by atoms with E-state index in [0.29, 0.717) is 31.7 Å². The SMILES string of the molecule is CN1CCCN(C(=O)C[C@H]2COCCN2Cc2ccccc2F)CC1. The van der Waals surface area contributed by atoms with Crippen molar-refractivity contribution in [2.75, 3.05) is 53.0 Å². The van der Waals surface area contributed by atoms with Crippen LogP contribution in [-0.4, -0.2) is 79.6 Å². The molecule has 0 aliphatic carbocycles. The number of hydrogen-bond acceptors (Lipinski definition) is 4. The highest BCUT2D eigenvalue weighted by Crippen LogP contribution is 2.18. The van der Waals surface area contributed by atoms with Gasteiger partial charge in [-0.1, -0.05) is 18.2 Å². The Bertz CT molecular complexity index is 584. The van der Waals surface area contributed by atoms with Crippen molar-refractivity contribution in [3.8, 4) is 0 Å². The van der Waals surface area contributed by atoms with Crippen LogP contribution in [0.25, 0.3) is 0 Å². The zero-order chi connectivity index (χ0) is 17.6. The van der Waals surface area contributed by atoms with Crippen molar-refractivity contribution in [1.29, 1.82) is 0 Å². The van der Waals surface area contributed by atoms with E-state index in [1.807, 2.05) is 17.0 Å². The second kappa shape index (κ2) is 8.74. The van der Waals surface area contributed by atoms with Gasteiger partial charge in [0, 0.05) is 50.7 Å². The van der Waals surface area contributed by atoms with Gasteiger partial charge in [-0.05, 0) is 26.1 Å². The third-order valence-electron chi connectivity index (χ3n) is 5.16. The molecule has 1 atom stereocenters. The molecule has 2 heterocycles. The number of rotatable bonds is 4. The smallest absolute Gasteiger partial charge is 0.224 e. The highest BCUT2D eigenvalue weighted by Gasteiger charge is 2.28. The number of nitrogens with zero attached hydrogens (tertiary/aromatic N) is 3. The lowest BCUT2D eigenvalue weighted by Crippen LogP contribution is -2.48. The molecular formula is C19H28FN3O2. The summed E-state index contributed by atoms with van der Waals surface area (Å²) in [6.07, 6.45) is 1.46. The van der Waals surface area contributed by atoms with Crippen LogP contribution in [0.2, 0.25) is 0 Å². The van der Waals surface area contributed by atoms with E-state index in [1.165, 1.54) is 6.07 Å². The highest BCUT2D eigenvalue weighted by atomic mass is 19.1. The van der Waals surface area contributed by atoms with Gasteiger partial charge in [0.15, 0.2) is 0 Å². The number of carbonyl (C=O) groups excluding carboxylic acids is 1. The summed E-state index contributed by atoms with van der Waals surface area (Å²) in [5.41, 5.74) is 0.679. The van der Waals surface area contributed by atoms with Crippen molar-refractivity contribution in [3.63, 3.8) is 0 Å². The Morgan fingerprint density at radius 2 is 2.04 bits per heavy atom. The summed E-state index contributed by atoms with van der Waals surface area (Å²) in [6, 6.07) is 6.88. The fourth-order valence-electron chi connectivity index (χ4n) is 3.56. The van der Waals surface area contributed by atoms with E-state index in [-0.39, 0.29) is 17.8 Å². The van der Waals surface area contributed by atoms with E-state index in [2.05, 4.69) is 16.8 Å². The minimum Gasteiger partial charge on any atom is -0.378 e. The number of amides is 1. The molecule has 25 heavy (non-hydrogen) atoms. The minimum absolute atomic E-state index is 0.0156. The van der Waals surface area contributed by atoms with Crippen molar-refractivity contribution < 1.29 is 13.9 Å². The second-order valence-electron chi connectivity index (χ2n) is 7.03. The molecule has 0 aromatic heterocycles. The molecule has 0 saturated carbocycles. The predicted octanol–water partition coefficient (Wildman–Crippen LogP) is 1.58. The first-order chi connectivity index (χ1) is 12.1. The third kappa shape index (κ3) is 5.00. The van der Waals surface area contributed by atoms with Gasteiger partial charge >= 0.3 is 0 Å². The number of hydrogen-bond donors (Lipinski definition) is 0. The third-order valence-corrected chi connectivity index (χ3v) is 5.16. The number of ether oxygens (including phenoxy) is 1. The van der Waals surface area contributed by atoms with Crippen LogP contribution < -0.4 is 0 Å². The van der Waals surface area contributed by atoms with Gasteiger partial charge in [-0.25, -0.2) is 4.39 Å². The summed E-state index contributed by atoms with van der Waals surface area (Å²) < 4.78 is 19.6. The van der Waals surface area contributed by atoms with E-state index < -0.39 is 0 Å². The lowest BCUT2D eigenvalue weighted by Gasteiger charge is -2.36. The van der Waals surface area contributed by atoms with Gasteiger partial charge in [0.2, 0.25) is 5.91 Å². The first kappa shape index (κ1) is 18.3. The van der Waals surface area contributed by atoms with Crippen LogP contribution in [0.3, 0.4) is 0 Å². The van der Waals surface area contributed by atoms with Crippen LogP contribution in [0.1, 0.15) is 18.4 Å². The van der Waals surface area contributed by atoms with Gasteiger partial charge in [0.1, 0.15) is 5.82 Å². The molecule has 2 aliphatic rings. The van der Waals surface area contributed by atoms with E-state index in [0.717, 1.165) is 39.1 Å². The molecule has 3 rings (SSSR count). The van der Waals surface area contributed by atoms with Gasteiger partial charge in [-0.2, -0.15) is 0 Å². The number of morpholine rings is 1. The molecule has 138 valence electrons. The molecule has 2 aliphatic heterocycles. The largest absolute Gasteiger partial charge is 0.378 e. The highest BCUT2D eigenvalue weighted by molar-refractivity contribution is 5.77. The van der Waals surface area contributed by atoms with Crippen molar-refractivity contribution in [2.24, 2.45) is 0 Å². The molecule has 2 saturated heterocycles. The van der Waals surface area contributed by atoms with Crippen molar-refractivity contribution in [3.05, 3.63) is 35.6 Å². The van der Waals surface area contributed by atoms with E-state index >= 15 is 0 Å². The lowest BCUT2D eigenvalue weighted by atomic mass is 10.1. The average molecular weight is 349 g/mol. The first-order valence-corrected chi connectivity index (χ1v) is 9.15. The zero-order valence-electron chi connectivity index (χ0n) is 15.0. The molecule has 0 bridgehead atoms. The van der Waals surface area contributed by atoms with E-state index in [9.17, 15) is 9.18 Å². The Kier molecular flexibility index (Phi) is 6.39. The zero-order valence-corrected chi connectivity index (χ0v) is 15.0. The molecule has 0 spiro atoms. The van der Waals surface area contributed by atoms with Crippen LogP contribution in [0, 0.1) is 5.82 Å². The molecule has 1 aromatic carbocycles. The minimum atomic E-state index is -0.186. The number of carbonyl (C=O) groups is 1. The van der Waals surface area contributed by atoms with Crippen LogP contribution in [0.15, 0.2) is 24.3 Å². The molecule has 1 aromatic rings. The van der Waals surface area contributed by atoms with Crippen molar-refractivity contribution >= 4 is 5.91 Å². The fraction of sp³-hybridized carbons (Fsp3) is 0.632. The maximum absolute atomic E-state index is 14.0. The topological polar surface area (TPSA) is 36.0 Å². The maximum Gasteiger partial charge on any atom is 0.224 e. The summed E-state index contributed by atoms with van der Waals surface area (Å²) >= 11 is 0. The van der Waals surface area contributed by atoms with Crippen molar-refractivity contribution in [1.82, 2.24) is 14.7 Å². The van der Waals surface area contributed by atoms with Gasteiger partial charge in [-0.15, -0.1) is 0 Å². The quantitative estimate of drug-likeness (QED) is 0.827. The molecule has 2 fully saturated rings. The monoisotopic (exact) mass is 349 g/mol.